The number of hydrogen-bond donors (Lipinski definition) is 1. The van der Waals surface area contributed by atoms with Crippen LogP contribution >= 0.6 is 0 Å². The van der Waals surface area contributed by atoms with Crippen LogP contribution in [0.2, 0.25) is 0 Å². The summed E-state index contributed by atoms with van der Waals surface area (Å²) in [6.07, 6.45) is 1.53. The maximum atomic E-state index is 12.2. The average Bonchev–Trinajstić information content (AvgIpc) is 3.14. The molecule has 1 fully saturated rings. The quantitative estimate of drug-likeness (QED) is 0.870. The number of likely N-dealkylation sites (tertiary alicyclic amines) is 1. The maximum absolute atomic E-state index is 12.2. The lowest BCUT2D eigenvalue weighted by Crippen LogP contribution is -2.41. The Labute approximate surface area is 150 Å². The van der Waals surface area contributed by atoms with Crippen molar-refractivity contribution in [1.29, 1.82) is 0 Å². The van der Waals surface area contributed by atoms with Crippen LogP contribution in [-0.4, -0.2) is 61.3 Å². The zero-order valence-corrected chi connectivity index (χ0v) is 15.9. The topological polar surface area (TPSA) is 74.5 Å². The number of β-amino-alcohol motifs (C(OH)–C–C–N with tert-alkyl or cyclic N) is 1. The van der Waals surface area contributed by atoms with Crippen LogP contribution in [0.3, 0.4) is 0 Å². The third-order valence-corrected chi connectivity index (χ3v) is 5.26. The summed E-state index contributed by atoms with van der Waals surface area (Å²) >= 11 is 0. The highest BCUT2D eigenvalue weighted by atomic mass is 16.3. The molecule has 1 saturated heterocycles. The zero-order valence-electron chi connectivity index (χ0n) is 15.9. The standard InChI is InChI=1S/C18H31N5O2/c1-12(2)5-6-21-10-14(24)9-15(21)17-20-19-16-11-22(7-8-23(16)17)18(25)13(3)4/h12-15,24H,5-11H2,1-4H3/t14-,15-/m0/s1. The van der Waals surface area contributed by atoms with Crippen molar-refractivity contribution in [3.8, 4) is 0 Å². The molecular formula is C18H31N5O2. The second-order valence-corrected chi connectivity index (χ2v) is 8.12. The van der Waals surface area contributed by atoms with Crippen molar-refractivity contribution in [2.24, 2.45) is 11.8 Å². The van der Waals surface area contributed by atoms with E-state index in [1.807, 2.05) is 18.7 Å². The van der Waals surface area contributed by atoms with Crippen LogP contribution in [-0.2, 0) is 17.9 Å². The third kappa shape index (κ3) is 3.87. The highest BCUT2D eigenvalue weighted by Crippen LogP contribution is 2.32. The number of aliphatic hydroxyl groups excluding tert-OH is 1. The number of hydrogen-bond acceptors (Lipinski definition) is 5. The molecule has 25 heavy (non-hydrogen) atoms. The van der Waals surface area contributed by atoms with Gasteiger partial charge in [-0.1, -0.05) is 27.7 Å². The van der Waals surface area contributed by atoms with Crippen LogP contribution < -0.4 is 0 Å². The van der Waals surface area contributed by atoms with Gasteiger partial charge >= 0.3 is 0 Å². The number of rotatable bonds is 5. The average molecular weight is 349 g/mol. The molecule has 1 N–H and O–H groups in total. The molecule has 2 aliphatic heterocycles. The number of carbonyl (C=O) groups is 1. The summed E-state index contributed by atoms with van der Waals surface area (Å²) in [5.41, 5.74) is 0. The predicted octanol–water partition coefficient (Wildman–Crippen LogP) is 1.43. The first kappa shape index (κ1) is 18.3. The van der Waals surface area contributed by atoms with Gasteiger partial charge in [0.15, 0.2) is 11.6 Å². The summed E-state index contributed by atoms with van der Waals surface area (Å²) in [5, 5.41) is 19.0. The molecular weight excluding hydrogens is 318 g/mol. The number of nitrogens with zero attached hydrogens (tertiary/aromatic N) is 5. The van der Waals surface area contributed by atoms with Crippen molar-refractivity contribution in [3.63, 3.8) is 0 Å². The molecule has 0 bridgehead atoms. The molecule has 0 aliphatic carbocycles. The molecule has 7 heteroatoms. The summed E-state index contributed by atoms with van der Waals surface area (Å²) in [4.78, 5) is 16.5. The van der Waals surface area contributed by atoms with Crippen molar-refractivity contribution < 1.29 is 9.90 Å². The van der Waals surface area contributed by atoms with Crippen molar-refractivity contribution in [2.75, 3.05) is 19.6 Å². The van der Waals surface area contributed by atoms with Gasteiger partial charge in [0.25, 0.3) is 0 Å². The highest BCUT2D eigenvalue weighted by molar-refractivity contribution is 5.78. The second-order valence-electron chi connectivity index (χ2n) is 8.12. The van der Waals surface area contributed by atoms with Gasteiger partial charge in [-0.05, 0) is 25.3 Å². The van der Waals surface area contributed by atoms with Crippen LogP contribution in [0.5, 0.6) is 0 Å². The van der Waals surface area contributed by atoms with Crippen LogP contribution in [0.4, 0.5) is 0 Å². The fraction of sp³-hybridized carbons (Fsp3) is 0.833. The van der Waals surface area contributed by atoms with Crippen LogP contribution in [0.15, 0.2) is 0 Å². The smallest absolute Gasteiger partial charge is 0.225 e. The van der Waals surface area contributed by atoms with Gasteiger partial charge in [-0.15, -0.1) is 10.2 Å². The van der Waals surface area contributed by atoms with Gasteiger partial charge in [0.2, 0.25) is 5.91 Å². The zero-order chi connectivity index (χ0) is 18.1. The number of carbonyl (C=O) groups excluding carboxylic acids is 1. The van der Waals surface area contributed by atoms with Gasteiger partial charge in [-0.3, -0.25) is 9.69 Å². The number of fused-ring (bicyclic) bond motifs is 1. The fourth-order valence-electron chi connectivity index (χ4n) is 3.80. The van der Waals surface area contributed by atoms with Crippen molar-refractivity contribution in [2.45, 2.75) is 65.8 Å². The van der Waals surface area contributed by atoms with E-state index in [9.17, 15) is 9.90 Å². The SMILES string of the molecule is CC(C)CCN1C[C@@H](O)C[C@H]1c1nnc2n1CCN(C(=O)C(C)C)C2. The minimum Gasteiger partial charge on any atom is -0.392 e. The number of aliphatic hydroxyl groups is 1. The Morgan fingerprint density at radius 3 is 2.68 bits per heavy atom. The van der Waals surface area contributed by atoms with E-state index in [4.69, 9.17) is 0 Å². The molecule has 0 saturated carbocycles. The molecule has 7 nitrogen and oxygen atoms in total. The molecule has 1 amide bonds. The van der Waals surface area contributed by atoms with Gasteiger partial charge in [0, 0.05) is 25.6 Å². The molecule has 3 heterocycles. The van der Waals surface area contributed by atoms with Crippen molar-refractivity contribution in [3.05, 3.63) is 11.6 Å². The molecule has 2 atom stereocenters. The molecule has 0 spiro atoms. The molecule has 2 aliphatic rings. The summed E-state index contributed by atoms with van der Waals surface area (Å²) in [6.45, 7) is 12.0. The minimum atomic E-state index is -0.298. The molecule has 0 radical (unpaired) electrons. The number of aromatic nitrogens is 3. The molecule has 1 aromatic heterocycles. The molecule has 0 unspecified atom stereocenters. The van der Waals surface area contributed by atoms with Gasteiger partial charge in [0.05, 0.1) is 18.7 Å². The lowest BCUT2D eigenvalue weighted by atomic mass is 10.1. The van der Waals surface area contributed by atoms with E-state index in [-0.39, 0.29) is 24.0 Å². The largest absolute Gasteiger partial charge is 0.392 e. The van der Waals surface area contributed by atoms with E-state index in [0.29, 0.717) is 32.0 Å². The Morgan fingerprint density at radius 2 is 2.00 bits per heavy atom. The van der Waals surface area contributed by atoms with Gasteiger partial charge in [0.1, 0.15) is 0 Å². The predicted molar refractivity (Wildman–Crippen MR) is 94.7 cm³/mol. The van der Waals surface area contributed by atoms with E-state index in [0.717, 1.165) is 31.2 Å². The van der Waals surface area contributed by atoms with E-state index in [2.05, 4.69) is 33.5 Å². The summed E-state index contributed by atoms with van der Waals surface area (Å²) in [5.74, 6) is 2.63. The highest BCUT2D eigenvalue weighted by Gasteiger charge is 2.37. The molecule has 3 rings (SSSR count). The Kier molecular flexibility index (Phi) is 5.43. The summed E-state index contributed by atoms with van der Waals surface area (Å²) in [6, 6.07) is 0.127. The molecule has 1 aromatic rings. The Morgan fingerprint density at radius 1 is 1.24 bits per heavy atom. The van der Waals surface area contributed by atoms with Crippen molar-refractivity contribution >= 4 is 5.91 Å². The van der Waals surface area contributed by atoms with Crippen molar-refractivity contribution in [1.82, 2.24) is 24.6 Å². The molecule has 140 valence electrons. The minimum absolute atomic E-state index is 0.00504. The maximum Gasteiger partial charge on any atom is 0.225 e. The van der Waals surface area contributed by atoms with Gasteiger partial charge in [-0.25, -0.2) is 0 Å². The Hall–Kier alpha value is -1.47. The van der Waals surface area contributed by atoms with E-state index >= 15 is 0 Å². The monoisotopic (exact) mass is 349 g/mol. The first-order valence-electron chi connectivity index (χ1n) is 9.49. The fourth-order valence-corrected chi connectivity index (χ4v) is 3.80. The Balaban J connectivity index is 1.75. The van der Waals surface area contributed by atoms with Gasteiger partial charge in [-0.2, -0.15) is 0 Å². The second kappa shape index (κ2) is 7.41. The van der Waals surface area contributed by atoms with E-state index < -0.39 is 0 Å². The van der Waals surface area contributed by atoms with E-state index in [1.165, 1.54) is 0 Å². The Bertz CT molecular complexity index is 613. The first-order valence-corrected chi connectivity index (χ1v) is 9.49. The molecule has 0 aromatic carbocycles. The van der Waals surface area contributed by atoms with Crippen LogP contribution in [0.25, 0.3) is 0 Å². The van der Waals surface area contributed by atoms with Gasteiger partial charge < -0.3 is 14.6 Å². The van der Waals surface area contributed by atoms with E-state index in [1.54, 1.807) is 0 Å². The number of amides is 1. The van der Waals surface area contributed by atoms with Crippen LogP contribution in [0.1, 0.15) is 58.2 Å². The first-order chi connectivity index (χ1) is 11.9. The lowest BCUT2D eigenvalue weighted by Gasteiger charge is -2.31. The lowest BCUT2D eigenvalue weighted by molar-refractivity contribution is -0.136. The summed E-state index contributed by atoms with van der Waals surface area (Å²) < 4.78 is 2.16. The normalized spacial score (nSPS) is 24.4. The third-order valence-electron chi connectivity index (χ3n) is 5.26. The summed E-state index contributed by atoms with van der Waals surface area (Å²) in [7, 11) is 0. The van der Waals surface area contributed by atoms with Crippen LogP contribution in [0, 0.1) is 11.8 Å².